The van der Waals surface area contributed by atoms with Crippen LogP contribution in [0.1, 0.15) is 12.5 Å². The molecule has 0 aliphatic rings. The molecule has 0 amide bonds. The summed E-state index contributed by atoms with van der Waals surface area (Å²) in [6.45, 7) is 1.33. The van der Waals surface area contributed by atoms with Gasteiger partial charge in [-0.1, -0.05) is 30.3 Å². The fourth-order valence-electron chi connectivity index (χ4n) is 0.954. The van der Waals surface area contributed by atoms with Crippen molar-refractivity contribution in [2.45, 2.75) is 19.1 Å². The van der Waals surface area contributed by atoms with E-state index in [0.717, 1.165) is 5.56 Å². The van der Waals surface area contributed by atoms with E-state index in [0.29, 0.717) is 0 Å². The maximum atomic E-state index is 10.7. The first-order valence-corrected chi connectivity index (χ1v) is 4.46. The van der Waals surface area contributed by atoms with Crippen LogP contribution in [0.2, 0.25) is 0 Å². The van der Waals surface area contributed by atoms with Gasteiger partial charge in [-0.25, -0.2) is 4.79 Å². The lowest BCUT2D eigenvalue weighted by Gasteiger charge is -2.18. The minimum Gasteiger partial charge on any atom is -0.479 e. The van der Waals surface area contributed by atoms with Crippen LogP contribution < -0.4 is 0 Å². The summed E-state index contributed by atoms with van der Waals surface area (Å²) in [7, 11) is 0. The van der Waals surface area contributed by atoms with Crippen molar-refractivity contribution in [1.29, 1.82) is 0 Å². The minimum absolute atomic E-state index is 0.0996. The van der Waals surface area contributed by atoms with Crippen LogP contribution in [-0.2, 0) is 20.9 Å². The quantitative estimate of drug-likeness (QED) is 0.584. The lowest BCUT2D eigenvalue weighted by Crippen LogP contribution is -2.39. The van der Waals surface area contributed by atoms with Crippen LogP contribution in [0.3, 0.4) is 0 Å². The van der Waals surface area contributed by atoms with Crippen LogP contribution in [0.5, 0.6) is 0 Å². The highest BCUT2D eigenvalue weighted by molar-refractivity contribution is 5.94. The summed E-state index contributed by atoms with van der Waals surface area (Å²) in [6, 6.07) is 9.08. The van der Waals surface area contributed by atoms with Crippen molar-refractivity contribution < 1.29 is 19.4 Å². The number of carboxylic acids is 1. The van der Waals surface area contributed by atoms with E-state index in [2.05, 4.69) is 0 Å². The van der Waals surface area contributed by atoms with E-state index in [1.165, 1.54) is 6.92 Å². The van der Waals surface area contributed by atoms with E-state index in [1.54, 1.807) is 12.1 Å². The molecule has 4 heteroatoms. The second-order valence-electron chi connectivity index (χ2n) is 3.30. The number of aliphatic carboxylic acids is 1. The molecule has 0 radical (unpaired) electrons. The number of aldehydes is 1. The molecular formula is C11H12O4. The predicted octanol–water partition coefficient (Wildman–Crippen LogP) is 1.25. The van der Waals surface area contributed by atoms with Gasteiger partial charge in [0, 0.05) is 0 Å². The van der Waals surface area contributed by atoms with Crippen molar-refractivity contribution in [3.63, 3.8) is 0 Å². The van der Waals surface area contributed by atoms with E-state index in [4.69, 9.17) is 9.84 Å². The van der Waals surface area contributed by atoms with Gasteiger partial charge in [-0.2, -0.15) is 0 Å². The molecule has 0 fully saturated rings. The number of hydrogen-bond donors (Lipinski definition) is 1. The molecule has 1 atom stereocenters. The van der Waals surface area contributed by atoms with Gasteiger partial charge in [-0.05, 0) is 12.5 Å². The van der Waals surface area contributed by atoms with Crippen molar-refractivity contribution in [3.05, 3.63) is 35.9 Å². The highest BCUT2D eigenvalue weighted by atomic mass is 16.5. The molecule has 0 aliphatic carbocycles. The fourth-order valence-corrected chi connectivity index (χ4v) is 0.954. The van der Waals surface area contributed by atoms with Crippen molar-refractivity contribution in [3.8, 4) is 0 Å². The van der Waals surface area contributed by atoms with Gasteiger partial charge < -0.3 is 9.84 Å². The summed E-state index contributed by atoms with van der Waals surface area (Å²) in [5, 5.41) is 8.75. The average Bonchev–Trinajstić information content (AvgIpc) is 2.27. The highest BCUT2D eigenvalue weighted by Gasteiger charge is 2.33. The Morgan fingerprint density at radius 3 is 2.53 bits per heavy atom. The molecule has 1 rings (SSSR count). The first kappa shape index (κ1) is 11.4. The zero-order chi connectivity index (χ0) is 11.3. The van der Waals surface area contributed by atoms with Crippen LogP contribution in [0.4, 0.5) is 0 Å². The standard InChI is InChI=1S/C11H12O4/c1-11(8-12,10(13)14)15-7-9-5-3-2-4-6-9/h2-6,8H,7H2,1H3,(H,13,14). The SMILES string of the molecule is CC(C=O)(OCc1ccccc1)C(=O)O. The molecule has 0 aromatic heterocycles. The van der Waals surface area contributed by atoms with Crippen molar-refractivity contribution in [1.82, 2.24) is 0 Å². The third kappa shape index (κ3) is 2.89. The molecule has 0 bridgehead atoms. The number of ether oxygens (including phenoxy) is 1. The molecule has 0 heterocycles. The molecular weight excluding hydrogens is 196 g/mol. The number of carbonyl (C=O) groups is 2. The zero-order valence-electron chi connectivity index (χ0n) is 8.34. The minimum atomic E-state index is -1.77. The predicted molar refractivity (Wildman–Crippen MR) is 53.3 cm³/mol. The van der Waals surface area contributed by atoms with Crippen molar-refractivity contribution >= 4 is 12.3 Å². The summed E-state index contributed by atoms with van der Waals surface area (Å²) in [4.78, 5) is 21.3. The molecule has 0 saturated carbocycles. The second kappa shape index (κ2) is 4.70. The Bertz CT molecular complexity index is 347. The first-order chi connectivity index (χ1) is 7.08. The Morgan fingerprint density at radius 1 is 1.47 bits per heavy atom. The van der Waals surface area contributed by atoms with Crippen LogP contribution in [-0.4, -0.2) is 23.0 Å². The fraction of sp³-hybridized carbons (Fsp3) is 0.273. The van der Waals surface area contributed by atoms with Gasteiger partial charge in [0.05, 0.1) is 6.61 Å². The summed E-state index contributed by atoms with van der Waals surface area (Å²) < 4.78 is 5.06. The Hall–Kier alpha value is -1.68. The third-order valence-electron chi connectivity index (χ3n) is 2.03. The first-order valence-electron chi connectivity index (χ1n) is 4.46. The van der Waals surface area contributed by atoms with Crippen molar-refractivity contribution in [2.24, 2.45) is 0 Å². The monoisotopic (exact) mass is 208 g/mol. The molecule has 4 nitrogen and oxygen atoms in total. The summed E-state index contributed by atoms with van der Waals surface area (Å²) in [6.07, 6.45) is 0.290. The second-order valence-corrected chi connectivity index (χ2v) is 3.30. The summed E-state index contributed by atoms with van der Waals surface area (Å²) in [5.41, 5.74) is -0.942. The van der Waals surface area contributed by atoms with Gasteiger partial charge in [0.2, 0.25) is 5.60 Å². The van der Waals surface area contributed by atoms with E-state index >= 15 is 0 Å². The Balaban J connectivity index is 2.63. The smallest absolute Gasteiger partial charge is 0.343 e. The van der Waals surface area contributed by atoms with E-state index in [-0.39, 0.29) is 12.9 Å². The molecule has 0 saturated heterocycles. The van der Waals surface area contributed by atoms with Gasteiger partial charge in [0.1, 0.15) is 0 Å². The van der Waals surface area contributed by atoms with Crippen LogP contribution >= 0.6 is 0 Å². The Labute approximate surface area is 87.5 Å². The molecule has 1 unspecified atom stereocenters. The summed E-state index contributed by atoms with van der Waals surface area (Å²) in [5.74, 6) is -1.28. The van der Waals surface area contributed by atoms with Crippen LogP contribution in [0, 0.1) is 0 Å². The Morgan fingerprint density at radius 2 is 2.07 bits per heavy atom. The third-order valence-corrected chi connectivity index (χ3v) is 2.03. The molecule has 80 valence electrons. The molecule has 1 aromatic rings. The number of carbonyl (C=O) groups excluding carboxylic acids is 1. The molecule has 0 aliphatic heterocycles. The maximum Gasteiger partial charge on any atom is 0.343 e. The van der Waals surface area contributed by atoms with Gasteiger partial charge >= 0.3 is 5.97 Å². The van der Waals surface area contributed by atoms with E-state index in [1.807, 2.05) is 18.2 Å². The largest absolute Gasteiger partial charge is 0.479 e. The number of hydrogen-bond acceptors (Lipinski definition) is 3. The van der Waals surface area contributed by atoms with Crippen molar-refractivity contribution in [2.75, 3.05) is 0 Å². The molecule has 1 N–H and O–H groups in total. The van der Waals surface area contributed by atoms with Gasteiger partial charge in [-0.15, -0.1) is 0 Å². The van der Waals surface area contributed by atoms with Gasteiger partial charge in [0.25, 0.3) is 0 Å². The number of carboxylic acid groups (broad SMARTS) is 1. The lowest BCUT2D eigenvalue weighted by molar-refractivity contribution is -0.166. The zero-order valence-corrected chi connectivity index (χ0v) is 8.34. The van der Waals surface area contributed by atoms with E-state index < -0.39 is 11.6 Å². The molecule has 0 spiro atoms. The normalized spacial score (nSPS) is 14.2. The highest BCUT2D eigenvalue weighted by Crippen LogP contribution is 2.11. The molecule has 15 heavy (non-hydrogen) atoms. The van der Waals surface area contributed by atoms with Crippen LogP contribution in [0.25, 0.3) is 0 Å². The van der Waals surface area contributed by atoms with Crippen LogP contribution in [0.15, 0.2) is 30.3 Å². The lowest BCUT2D eigenvalue weighted by atomic mass is 10.1. The average molecular weight is 208 g/mol. The van der Waals surface area contributed by atoms with Gasteiger partial charge in [-0.3, -0.25) is 4.79 Å². The number of benzene rings is 1. The Kier molecular flexibility index (Phi) is 3.57. The van der Waals surface area contributed by atoms with Gasteiger partial charge in [0.15, 0.2) is 6.29 Å². The molecule has 1 aromatic carbocycles. The summed E-state index contributed by atoms with van der Waals surface area (Å²) >= 11 is 0. The topological polar surface area (TPSA) is 63.6 Å². The number of rotatable bonds is 5. The van der Waals surface area contributed by atoms with E-state index in [9.17, 15) is 9.59 Å². The maximum absolute atomic E-state index is 10.7.